The van der Waals surface area contributed by atoms with Crippen molar-refractivity contribution in [3.63, 3.8) is 0 Å². The number of carbonyl (C=O) groups excluding carboxylic acids is 1. The highest BCUT2D eigenvalue weighted by Gasteiger charge is 2.13. The van der Waals surface area contributed by atoms with Crippen molar-refractivity contribution < 1.29 is 4.79 Å². The summed E-state index contributed by atoms with van der Waals surface area (Å²) in [5.74, 6) is 1.04. The highest BCUT2D eigenvalue weighted by Crippen LogP contribution is 2.23. The van der Waals surface area contributed by atoms with Gasteiger partial charge in [-0.15, -0.1) is 11.8 Å². The SMILES string of the molecule is CC(C)c1cccc(NC(=O)CSC(C)(C)C)c1. The van der Waals surface area contributed by atoms with Crippen LogP contribution in [0.3, 0.4) is 0 Å². The lowest BCUT2D eigenvalue weighted by Crippen LogP contribution is -2.18. The number of carbonyl (C=O) groups is 1. The van der Waals surface area contributed by atoms with Crippen molar-refractivity contribution in [1.82, 2.24) is 0 Å². The summed E-state index contributed by atoms with van der Waals surface area (Å²) < 4.78 is 0.122. The Kier molecular flexibility index (Phi) is 5.27. The molecule has 2 nitrogen and oxygen atoms in total. The Morgan fingerprint density at radius 2 is 2.00 bits per heavy atom. The zero-order chi connectivity index (χ0) is 13.8. The zero-order valence-corrected chi connectivity index (χ0v) is 12.7. The Bertz CT molecular complexity index is 407. The van der Waals surface area contributed by atoms with Gasteiger partial charge in [-0.2, -0.15) is 0 Å². The molecule has 1 N–H and O–H groups in total. The number of amides is 1. The van der Waals surface area contributed by atoms with Gasteiger partial charge < -0.3 is 5.32 Å². The van der Waals surface area contributed by atoms with Crippen LogP contribution in [-0.2, 0) is 4.79 Å². The van der Waals surface area contributed by atoms with Crippen LogP contribution in [0.15, 0.2) is 24.3 Å². The van der Waals surface area contributed by atoms with Gasteiger partial charge in [-0.1, -0.05) is 46.8 Å². The van der Waals surface area contributed by atoms with Gasteiger partial charge in [0.05, 0.1) is 5.75 Å². The quantitative estimate of drug-likeness (QED) is 0.880. The molecule has 0 atom stereocenters. The summed E-state index contributed by atoms with van der Waals surface area (Å²) in [4.78, 5) is 11.8. The molecule has 100 valence electrons. The average Bonchev–Trinajstić information content (AvgIpc) is 2.26. The molecule has 1 amide bonds. The number of hydrogen-bond acceptors (Lipinski definition) is 2. The van der Waals surface area contributed by atoms with Crippen LogP contribution in [-0.4, -0.2) is 16.4 Å². The monoisotopic (exact) mass is 265 g/mol. The van der Waals surface area contributed by atoms with Crippen LogP contribution in [0.2, 0.25) is 0 Å². The lowest BCUT2D eigenvalue weighted by Gasteiger charge is -2.17. The van der Waals surface area contributed by atoms with Crippen LogP contribution in [0.25, 0.3) is 0 Å². The highest BCUT2D eigenvalue weighted by molar-refractivity contribution is 8.01. The summed E-state index contributed by atoms with van der Waals surface area (Å²) in [6, 6.07) is 8.06. The predicted octanol–water partition coefficient (Wildman–Crippen LogP) is 4.28. The fraction of sp³-hybridized carbons (Fsp3) is 0.533. The first kappa shape index (κ1) is 15.1. The second-order valence-electron chi connectivity index (χ2n) is 5.73. The Balaban J connectivity index is 2.57. The van der Waals surface area contributed by atoms with E-state index in [1.807, 2.05) is 18.2 Å². The molecule has 0 saturated heterocycles. The van der Waals surface area contributed by atoms with Crippen LogP contribution in [0.5, 0.6) is 0 Å². The molecule has 0 radical (unpaired) electrons. The molecule has 18 heavy (non-hydrogen) atoms. The van der Waals surface area contributed by atoms with E-state index in [1.165, 1.54) is 5.56 Å². The minimum atomic E-state index is 0.0656. The molecule has 0 aliphatic carbocycles. The first-order valence-corrected chi connectivity index (χ1v) is 7.30. The van der Waals surface area contributed by atoms with Gasteiger partial charge in [0, 0.05) is 10.4 Å². The summed E-state index contributed by atoms with van der Waals surface area (Å²) in [5.41, 5.74) is 2.14. The first-order valence-electron chi connectivity index (χ1n) is 6.32. The van der Waals surface area contributed by atoms with Crippen molar-refractivity contribution in [3.05, 3.63) is 29.8 Å². The first-order chi connectivity index (χ1) is 8.28. The Labute approximate surface area is 115 Å². The van der Waals surface area contributed by atoms with Gasteiger partial charge >= 0.3 is 0 Å². The topological polar surface area (TPSA) is 29.1 Å². The van der Waals surface area contributed by atoms with E-state index in [2.05, 4.69) is 46.0 Å². The molecule has 0 fully saturated rings. The van der Waals surface area contributed by atoms with Crippen molar-refractivity contribution in [2.75, 3.05) is 11.1 Å². The van der Waals surface area contributed by atoms with Gasteiger partial charge in [-0.3, -0.25) is 4.79 Å². The third-order valence-corrected chi connectivity index (χ3v) is 3.75. The minimum absolute atomic E-state index is 0.0656. The van der Waals surface area contributed by atoms with E-state index in [-0.39, 0.29) is 10.7 Å². The fourth-order valence-corrected chi connectivity index (χ4v) is 2.09. The van der Waals surface area contributed by atoms with Crippen LogP contribution < -0.4 is 5.32 Å². The minimum Gasteiger partial charge on any atom is -0.325 e. The fourth-order valence-electron chi connectivity index (χ4n) is 1.45. The van der Waals surface area contributed by atoms with Crippen molar-refractivity contribution >= 4 is 23.4 Å². The number of benzene rings is 1. The molecule has 0 unspecified atom stereocenters. The van der Waals surface area contributed by atoms with Gasteiger partial charge in [0.15, 0.2) is 0 Å². The molecule has 3 heteroatoms. The Hall–Kier alpha value is -0.960. The summed E-state index contributed by atoms with van der Waals surface area (Å²) >= 11 is 1.66. The van der Waals surface area contributed by atoms with E-state index < -0.39 is 0 Å². The lowest BCUT2D eigenvalue weighted by molar-refractivity contribution is -0.113. The molecule has 0 heterocycles. The molecule has 0 saturated carbocycles. The zero-order valence-electron chi connectivity index (χ0n) is 11.9. The van der Waals surface area contributed by atoms with Crippen molar-refractivity contribution in [1.29, 1.82) is 0 Å². The molecule has 0 aliphatic heterocycles. The average molecular weight is 265 g/mol. The van der Waals surface area contributed by atoms with E-state index in [4.69, 9.17) is 0 Å². The van der Waals surface area contributed by atoms with Crippen LogP contribution in [0.4, 0.5) is 5.69 Å². The van der Waals surface area contributed by atoms with E-state index in [1.54, 1.807) is 11.8 Å². The Morgan fingerprint density at radius 3 is 2.56 bits per heavy atom. The molecule has 0 spiro atoms. The predicted molar refractivity (Wildman–Crippen MR) is 81.4 cm³/mol. The summed E-state index contributed by atoms with van der Waals surface area (Å²) in [6.07, 6.45) is 0. The van der Waals surface area contributed by atoms with E-state index >= 15 is 0 Å². The molecule has 0 bridgehead atoms. The van der Waals surface area contributed by atoms with Crippen molar-refractivity contribution in [3.8, 4) is 0 Å². The number of rotatable bonds is 4. The van der Waals surface area contributed by atoms with Gasteiger partial charge in [0.2, 0.25) is 5.91 Å². The summed E-state index contributed by atoms with van der Waals surface area (Å²) in [5, 5.41) is 2.95. The van der Waals surface area contributed by atoms with Gasteiger partial charge in [-0.25, -0.2) is 0 Å². The molecular formula is C15H23NOS. The van der Waals surface area contributed by atoms with Crippen LogP contribution in [0, 0.1) is 0 Å². The maximum absolute atomic E-state index is 11.8. The lowest BCUT2D eigenvalue weighted by atomic mass is 10.0. The smallest absolute Gasteiger partial charge is 0.234 e. The normalized spacial score (nSPS) is 11.7. The van der Waals surface area contributed by atoms with Gasteiger partial charge in [0.25, 0.3) is 0 Å². The number of nitrogens with one attached hydrogen (secondary N) is 1. The molecule has 0 aromatic heterocycles. The van der Waals surface area contributed by atoms with Crippen molar-refractivity contribution in [2.24, 2.45) is 0 Å². The second kappa shape index (κ2) is 6.28. The van der Waals surface area contributed by atoms with E-state index in [0.29, 0.717) is 11.7 Å². The maximum atomic E-state index is 11.8. The molecule has 1 aromatic carbocycles. The maximum Gasteiger partial charge on any atom is 0.234 e. The number of thioether (sulfide) groups is 1. The van der Waals surface area contributed by atoms with E-state index in [9.17, 15) is 4.79 Å². The molecule has 1 aromatic rings. The third-order valence-electron chi connectivity index (χ3n) is 2.47. The molecular weight excluding hydrogens is 242 g/mol. The molecule has 0 aliphatic rings. The van der Waals surface area contributed by atoms with Crippen molar-refractivity contribution in [2.45, 2.75) is 45.3 Å². The van der Waals surface area contributed by atoms with Crippen LogP contribution >= 0.6 is 11.8 Å². The largest absolute Gasteiger partial charge is 0.325 e. The van der Waals surface area contributed by atoms with Gasteiger partial charge in [0.1, 0.15) is 0 Å². The van der Waals surface area contributed by atoms with Crippen LogP contribution in [0.1, 0.15) is 46.1 Å². The summed E-state index contributed by atoms with van der Waals surface area (Å²) in [7, 11) is 0. The summed E-state index contributed by atoms with van der Waals surface area (Å²) in [6.45, 7) is 10.6. The molecule has 1 rings (SSSR count). The highest BCUT2D eigenvalue weighted by atomic mass is 32.2. The Morgan fingerprint density at radius 1 is 1.33 bits per heavy atom. The van der Waals surface area contributed by atoms with E-state index in [0.717, 1.165) is 5.69 Å². The third kappa shape index (κ3) is 5.58. The second-order valence-corrected chi connectivity index (χ2v) is 7.53. The standard InChI is InChI=1S/C15H23NOS/c1-11(2)12-7-6-8-13(9-12)16-14(17)10-18-15(3,4)5/h6-9,11H,10H2,1-5H3,(H,16,17). The van der Waals surface area contributed by atoms with Gasteiger partial charge in [-0.05, 0) is 23.6 Å². The number of anilines is 1. The number of hydrogen-bond donors (Lipinski definition) is 1.